The molecule has 6 heteroatoms. The van der Waals surface area contributed by atoms with Gasteiger partial charge in [0, 0.05) is 19.3 Å². The number of hydrogen-bond donors (Lipinski definition) is 1. The van der Waals surface area contributed by atoms with E-state index in [0.29, 0.717) is 0 Å². The Hall–Kier alpha value is -1.66. The van der Waals surface area contributed by atoms with Crippen LogP contribution in [0.5, 0.6) is 0 Å². The van der Waals surface area contributed by atoms with Gasteiger partial charge in [0.25, 0.3) is 0 Å². The zero-order valence-corrected chi connectivity index (χ0v) is 11.7. The second-order valence-corrected chi connectivity index (χ2v) is 6.14. The van der Waals surface area contributed by atoms with Gasteiger partial charge < -0.3 is 15.0 Å². The maximum absolute atomic E-state index is 11.5. The molecule has 0 bridgehead atoms. The zero-order chi connectivity index (χ0) is 13.5. The highest BCUT2D eigenvalue weighted by atomic mass is 32.1. The minimum absolute atomic E-state index is 0.0101. The molecule has 0 aromatic carbocycles. The number of amides is 1. The fraction of sp³-hybridized carbons (Fsp3) is 0.429. The first kappa shape index (κ1) is 12.1. The second kappa shape index (κ2) is 4.71. The molecule has 2 saturated heterocycles. The first-order valence-electron chi connectivity index (χ1n) is 6.79. The molecule has 0 aliphatic carbocycles. The van der Waals surface area contributed by atoms with E-state index >= 15 is 0 Å². The lowest BCUT2D eigenvalue weighted by atomic mass is 10.00. The molecule has 20 heavy (non-hydrogen) atoms. The van der Waals surface area contributed by atoms with Crippen molar-refractivity contribution >= 4 is 33.1 Å². The van der Waals surface area contributed by atoms with Crippen molar-refractivity contribution in [1.82, 2.24) is 10.3 Å². The van der Waals surface area contributed by atoms with Gasteiger partial charge in [-0.1, -0.05) is 0 Å². The Morgan fingerprint density at radius 2 is 2.40 bits per heavy atom. The van der Waals surface area contributed by atoms with Crippen molar-refractivity contribution in [2.45, 2.75) is 18.6 Å². The number of pyridine rings is 1. The highest BCUT2D eigenvalue weighted by molar-refractivity contribution is 7.17. The van der Waals surface area contributed by atoms with Gasteiger partial charge in [0.15, 0.2) is 0 Å². The molecule has 5 nitrogen and oxygen atoms in total. The molecule has 2 aliphatic heterocycles. The Morgan fingerprint density at radius 3 is 3.35 bits per heavy atom. The molecule has 4 heterocycles. The van der Waals surface area contributed by atoms with Crippen LogP contribution in [-0.4, -0.2) is 42.7 Å². The van der Waals surface area contributed by atoms with Crippen LogP contribution < -0.4 is 10.2 Å². The number of morpholine rings is 1. The van der Waals surface area contributed by atoms with Gasteiger partial charge in [-0.3, -0.25) is 9.78 Å². The molecule has 2 fully saturated rings. The van der Waals surface area contributed by atoms with Gasteiger partial charge in [0.2, 0.25) is 5.91 Å². The minimum Gasteiger partial charge on any atom is -0.368 e. The normalized spacial score (nSPS) is 26.4. The van der Waals surface area contributed by atoms with E-state index < -0.39 is 0 Å². The molecule has 2 aromatic heterocycles. The van der Waals surface area contributed by atoms with Crippen molar-refractivity contribution in [2.75, 3.05) is 24.6 Å². The number of carbonyl (C=O) groups is 1. The molecule has 0 radical (unpaired) electrons. The summed E-state index contributed by atoms with van der Waals surface area (Å²) in [7, 11) is 0. The van der Waals surface area contributed by atoms with E-state index in [9.17, 15) is 4.79 Å². The van der Waals surface area contributed by atoms with Crippen LogP contribution in [0.2, 0.25) is 0 Å². The number of fused-ring (bicyclic) bond motifs is 2. The minimum atomic E-state index is -0.0101. The lowest BCUT2D eigenvalue weighted by Crippen LogP contribution is -2.60. The van der Waals surface area contributed by atoms with Crippen LogP contribution in [0.25, 0.3) is 10.2 Å². The van der Waals surface area contributed by atoms with Gasteiger partial charge in [0.1, 0.15) is 6.61 Å². The molecule has 0 spiro atoms. The van der Waals surface area contributed by atoms with Gasteiger partial charge in [-0.15, -0.1) is 11.3 Å². The highest BCUT2D eigenvalue weighted by Crippen LogP contribution is 2.32. The molecular formula is C14H15N3O2S. The SMILES string of the molecule is O=C1CO[C@H]2CCN(c3ccnc4ccsc34)C[C@@H]2N1. The first-order chi connectivity index (χ1) is 9.81. The van der Waals surface area contributed by atoms with E-state index in [-0.39, 0.29) is 24.7 Å². The second-order valence-electron chi connectivity index (χ2n) is 5.22. The van der Waals surface area contributed by atoms with E-state index in [1.807, 2.05) is 12.3 Å². The van der Waals surface area contributed by atoms with Gasteiger partial charge in [-0.05, 0) is 23.9 Å². The number of nitrogens with zero attached hydrogens (tertiary/aromatic N) is 2. The maximum Gasteiger partial charge on any atom is 0.246 e. The molecule has 4 rings (SSSR count). The number of ether oxygens (including phenoxy) is 1. The van der Waals surface area contributed by atoms with Gasteiger partial charge in [-0.25, -0.2) is 0 Å². The Kier molecular flexibility index (Phi) is 2.85. The number of rotatable bonds is 1. The maximum atomic E-state index is 11.5. The Morgan fingerprint density at radius 1 is 1.45 bits per heavy atom. The molecule has 1 amide bonds. The Bertz CT molecular complexity index is 657. The van der Waals surface area contributed by atoms with Crippen molar-refractivity contribution in [3.63, 3.8) is 0 Å². The summed E-state index contributed by atoms with van der Waals surface area (Å²) in [4.78, 5) is 18.2. The van der Waals surface area contributed by atoms with Crippen LogP contribution in [0.15, 0.2) is 23.7 Å². The van der Waals surface area contributed by atoms with Crippen LogP contribution in [0.3, 0.4) is 0 Å². The third-order valence-electron chi connectivity index (χ3n) is 3.99. The number of hydrogen-bond acceptors (Lipinski definition) is 5. The largest absolute Gasteiger partial charge is 0.368 e. The summed E-state index contributed by atoms with van der Waals surface area (Å²) in [5.74, 6) is -0.0101. The summed E-state index contributed by atoms with van der Waals surface area (Å²) in [5, 5.41) is 5.11. The van der Waals surface area contributed by atoms with Crippen molar-refractivity contribution in [3.8, 4) is 0 Å². The Balaban J connectivity index is 1.63. The zero-order valence-electron chi connectivity index (χ0n) is 10.9. The van der Waals surface area contributed by atoms with Crippen LogP contribution in [0.1, 0.15) is 6.42 Å². The molecule has 0 saturated carbocycles. The predicted molar refractivity (Wildman–Crippen MR) is 78.1 cm³/mol. The number of carbonyl (C=O) groups excluding carboxylic acids is 1. The smallest absolute Gasteiger partial charge is 0.246 e. The monoisotopic (exact) mass is 289 g/mol. The van der Waals surface area contributed by atoms with Gasteiger partial charge in [0.05, 0.1) is 28.0 Å². The fourth-order valence-corrected chi connectivity index (χ4v) is 3.92. The van der Waals surface area contributed by atoms with Gasteiger partial charge >= 0.3 is 0 Å². The van der Waals surface area contributed by atoms with E-state index in [0.717, 1.165) is 25.0 Å². The molecular weight excluding hydrogens is 274 g/mol. The molecule has 1 N–H and O–H groups in total. The standard InChI is InChI=1S/C14H15N3O2S/c18-13-8-19-12-2-5-17(7-10(12)16-13)11-1-4-15-9-3-6-20-14(9)11/h1,3-4,6,10,12H,2,5,7-8H2,(H,16,18)/t10-,12-/m0/s1. The molecule has 2 aliphatic rings. The van der Waals surface area contributed by atoms with E-state index in [2.05, 4.69) is 26.6 Å². The topological polar surface area (TPSA) is 54.5 Å². The fourth-order valence-electron chi connectivity index (χ4n) is 3.03. The van der Waals surface area contributed by atoms with Crippen molar-refractivity contribution in [2.24, 2.45) is 0 Å². The first-order valence-corrected chi connectivity index (χ1v) is 7.67. The number of anilines is 1. The van der Waals surface area contributed by atoms with E-state index in [1.165, 1.54) is 10.4 Å². The quantitative estimate of drug-likeness (QED) is 0.862. The van der Waals surface area contributed by atoms with Crippen LogP contribution in [0.4, 0.5) is 5.69 Å². The lowest BCUT2D eigenvalue weighted by Gasteiger charge is -2.42. The predicted octanol–water partition coefficient (Wildman–Crippen LogP) is 1.39. The van der Waals surface area contributed by atoms with Gasteiger partial charge in [-0.2, -0.15) is 0 Å². The molecule has 0 unspecified atom stereocenters. The number of piperidine rings is 1. The Labute approximate surface area is 120 Å². The highest BCUT2D eigenvalue weighted by Gasteiger charge is 2.35. The third-order valence-corrected chi connectivity index (χ3v) is 4.91. The summed E-state index contributed by atoms with van der Waals surface area (Å²) < 4.78 is 6.82. The van der Waals surface area contributed by atoms with Crippen LogP contribution in [-0.2, 0) is 9.53 Å². The van der Waals surface area contributed by atoms with E-state index in [1.54, 1.807) is 11.3 Å². The summed E-state index contributed by atoms with van der Waals surface area (Å²) in [5.41, 5.74) is 2.25. The number of nitrogens with one attached hydrogen (secondary N) is 1. The van der Waals surface area contributed by atoms with E-state index in [4.69, 9.17) is 4.74 Å². The average Bonchev–Trinajstić information content (AvgIpc) is 2.94. The molecule has 2 atom stereocenters. The summed E-state index contributed by atoms with van der Waals surface area (Å²) >= 11 is 1.71. The number of thiophene rings is 1. The van der Waals surface area contributed by atoms with Crippen LogP contribution >= 0.6 is 11.3 Å². The summed E-state index contributed by atoms with van der Waals surface area (Å²) in [6, 6.07) is 4.19. The molecule has 104 valence electrons. The van der Waals surface area contributed by atoms with Crippen LogP contribution in [0, 0.1) is 0 Å². The average molecular weight is 289 g/mol. The number of aromatic nitrogens is 1. The molecule has 2 aromatic rings. The lowest BCUT2D eigenvalue weighted by molar-refractivity contribution is -0.137. The van der Waals surface area contributed by atoms with Crippen molar-refractivity contribution in [1.29, 1.82) is 0 Å². The summed E-state index contributed by atoms with van der Waals surface area (Å²) in [6.07, 6.45) is 2.96. The summed E-state index contributed by atoms with van der Waals surface area (Å²) in [6.45, 7) is 1.95. The third kappa shape index (κ3) is 1.96. The van der Waals surface area contributed by atoms with Crippen molar-refractivity contribution in [3.05, 3.63) is 23.7 Å². The van der Waals surface area contributed by atoms with Crippen molar-refractivity contribution < 1.29 is 9.53 Å².